The van der Waals surface area contributed by atoms with Gasteiger partial charge >= 0.3 is 0 Å². The Hall–Kier alpha value is -1.47. The maximum atomic E-state index is 12.9. The molecule has 2 heterocycles. The number of nitrogens with zero attached hydrogens (tertiary/aromatic N) is 3. The molecule has 1 amide bonds. The van der Waals surface area contributed by atoms with Crippen molar-refractivity contribution in [2.24, 2.45) is 0 Å². The van der Waals surface area contributed by atoms with Crippen molar-refractivity contribution in [1.29, 1.82) is 0 Å². The second-order valence-electron chi connectivity index (χ2n) is 5.54. The number of hydrogen-bond donors (Lipinski definition) is 0. The van der Waals surface area contributed by atoms with Gasteiger partial charge < -0.3 is 9.32 Å². The van der Waals surface area contributed by atoms with Crippen molar-refractivity contribution in [2.75, 3.05) is 11.2 Å². The number of carbonyl (C=O) groups excluding carboxylic acids is 1. The van der Waals surface area contributed by atoms with Gasteiger partial charge in [-0.15, -0.1) is 10.2 Å². The number of anilines is 1. The number of para-hydroxylation sites is 1. The van der Waals surface area contributed by atoms with Gasteiger partial charge in [0.2, 0.25) is 11.8 Å². The van der Waals surface area contributed by atoms with Gasteiger partial charge in [-0.3, -0.25) is 4.79 Å². The van der Waals surface area contributed by atoms with Crippen LogP contribution >= 0.6 is 23.5 Å². The molecular formula is C16H19N3O2S2. The Bertz CT molecular complexity index is 704. The minimum atomic E-state index is -0.272. The Morgan fingerprint density at radius 2 is 2.22 bits per heavy atom. The number of thioether (sulfide) groups is 2. The van der Waals surface area contributed by atoms with Crippen LogP contribution in [-0.2, 0) is 17.0 Å². The van der Waals surface area contributed by atoms with Gasteiger partial charge in [0, 0.05) is 11.7 Å². The highest BCUT2D eigenvalue weighted by atomic mass is 32.2. The summed E-state index contributed by atoms with van der Waals surface area (Å²) < 4.78 is 5.55. The molecule has 0 N–H and O–H groups in total. The summed E-state index contributed by atoms with van der Waals surface area (Å²) in [6.07, 6.45) is 2.88. The van der Waals surface area contributed by atoms with Gasteiger partial charge in [0.25, 0.3) is 5.22 Å². The molecule has 0 bridgehead atoms. The van der Waals surface area contributed by atoms with Crippen LogP contribution in [0.1, 0.15) is 25.3 Å². The van der Waals surface area contributed by atoms with E-state index in [1.54, 1.807) is 11.8 Å². The molecule has 0 spiro atoms. The van der Waals surface area contributed by atoms with Crippen molar-refractivity contribution in [3.63, 3.8) is 0 Å². The van der Waals surface area contributed by atoms with E-state index < -0.39 is 0 Å². The zero-order chi connectivity index (χ0) is 16.4. The molecule has 23 heavy (non-hydrogen) atoms. The third-order valence-corrected chi connectivity index (χ3v) is 5.24. The number of rotatable bonds is 5. The highest BCUT2D eigenvalue weighted by Gasteiger charge is 2.33. The molecule has 122 valence electrons. The minimum Gasteiger partial charge on any atom is -0.415 e. The van der Waals surface area contributed by atoms with Crippen LogP contribution < -0.4 is 4.90 Å². The zero-order valence-electron chi connectivity index (χ0n) is 13.4. The lowest BCUT2D eigenvalue weighted by Crippen LogP contribution is -2.40. The number of fused-ring (bicyclic) bond motifs is 1. The van der Waals surface area contributed by atoms with Gasteiger partial charge in [-0.05, 0) is 38.2 Å². The minimum absolute atomic E-state index is 0.0806. The molecule has 3 rings (SSSR count). The molecule has 0 saturated carbocycles. The van der Waals surface area contributed by atoms with Crippen molar-refractivity contribution in [2.45, 2.75) is 42.5 Å². The van der Waals surface area contributed by atoms with Crippen LogP contribution in [0, 0.1) is 0 Å². The molecule has 7 heteroatoms. The zero-order valence-corrected chi connectivity index (χ0v) is 15.0. The topological polar surface area (TPSA) is 59.2 Å². The maximum absolute atomic E-state index is 12.9. The first kappa shape index (κ1) is 16.4. The standard InChI is InChI=1S/C16H19N3O2S2/c1-10-8-12-6-4-5-7-13(12)19(10)15(20)11(2)23-16-18-17-14(21-16)9-22-3/h4-7,10-11H,8-9H2,1-3H3/t10-,11+/m0/s1. The number of benzene rings is 1. The number of hydrogen-bond acceptors (Lipinski definition) is 6. The predicted octanol–water partition coefficient (Wildman–Crippen LogP) is 3.39. The molecule has 1 aromatic carbocycles. The van der Waals surface area contributed by atoms with Gasteiger partial charge in [-0.2, -0.15) is 11.8 Å². The molecular weight excluding hydrogens is 330 g/mol. The molecule has 1 aromatic heterocycles. The Balaban J connectivity index is 1.72. The molecule has 1 aliphatic rings. The summed E-state index contributed by atoms with van der Waals surface area (Å²) in [5, 5.41) is 8.17. The molecule has 0 fully saturated rings. The summed E-state index contributed by atoms with van der Waals surface area (Å²) in [6.45, 7) is 3.97. The first-order valence-corrected chi connectivity index (χ1v) is 9.76. The molecule has 0 aliphatic carbocycles. The van der Waals surface area contributed by atoms with Crippen molar-refractivity contribution < 1.29 is 9.21 Å². The molecule has 0 saturated heterocycles. The summed E-state index contributed by atoms with van der Waals surface area (Å²) in [5.41, 5.74) is 2.25. The van der Waals surface area contributed by atoms with E-state index in [1.807, 2.05) is 36.3 Å². The predicted molar refractivity (Wildman–Crippen MR) is 93.9 cm³/mol. The summed E-state index contributed by atoms with van der Waals surface area (Å²) >= 11 is 2.95. The summed E-state index contributed by atoms with van der Waals surface area (Å²) in [7, 11) is 0. The lowest BCUT2D eigenvalue weighted by atomic mass is 10.1. The fourth-order valence-electron chi connectivity index (χ4n) is 2.77. The Morgan fingerprint density at radius 3 is 3.00 bits per heavy atom. The van der Waals surface area contributed by atoms with E-state index in [-0.39, 0.29) is 17.2 Å². The van der Waals surface area contributed by atoms with Crippen molar-refractivity contribution in [3.05, 3.63) is 35.7 Å². The number of amides is 1. The van der Waals surface area contributed by atoms with E-state index in [0.717, 1.165) is 12.1 Å². The van der Waals surface area contributed by atoms with E-state index in [1.165, 1.54) is 17.3 Å². The lowest BCUT2D eigenvalue weighted by Gasteiger charge is -2.25. The second kappa shape index (κ2) is 6.97. The highest BCUT2D eigenvalue weighted by molar-refractivity contribution is 8.00. The van der Waals surface area contributed by atoms with E-state index in [2.05, 4.69) is 23.2 Å². The van der Waals surface area contributed by atoms with Crippen LogP contribution in [-0.4, -0.2) is 33.7 Å². The summed E-state index contributed by atoms with van der Waals surface area (Å²) in [6, 6.07) is 8.27. The van der Waals surface area contributed by atoms with Gasteiger partial charge in [-0.25, -0.2) is 0 Å². The molecule has 5 nitrogen and oxygen atoms in total. The summed E-state index contributed by atoms with van der Waals surface area (Å²) in [5.74, 6) is 1.36. The smallest absolute Gasteiger partial charge is 0.277 e. The van der Waals surface area contributed by atoms with Crippen molar-refractivity contribution >= 4 is 35.1 Å². The Morgan fingerprint density at radius 1 is 1.43 bits per heavy atom. The first-order valence-electron chi connectivity index (χ1n) is 7.49. The van der Waals surface area contributed by atoms with Crippen molar-refractivity contribution in [1.82, 2.24) is 10.2 Å². The van der Waals surface area contributed by atoms with Crippen molar-refractivity contribution in [3.8, 4) is 0 Å². The van der Waals surface area contributed by atoms with Crippen LogP contribution in [0.3, 0.4) is 0 Å². The average Bonchev–Trinajstić information content (AvgIpc) is 3.10. The lowest BCUT2D eigenvalue weighted by molar-refractivity contribution is -0.118. The fraction of sp³-hybridized carbons (Fsp3) is 0.438. The molecule has 2 aromatic rings. The summed E-state index contributed by atoms with van der Waals surface area (Å²) in [4.78, 5) is 14.8. The first-order chi connectivity index (χ1) is 11.1. The van der Waals surface area contributed by atoms with E-state index in [9.17, 15) is 4.79 Å². The Labute approximate surface area is 144 Å². The van der Waals surface area contributed by atoms with Crippen LogP contribution in [0.2, 0.25) is 0 Å². The van der Waals surface area contributed by atoms with Gasteiger partial charge in [0.15, 0.2) is 0 Å². The van der Waals surface area contributed by atoms with Gasteiger partial charge in [-0.1, -0.05) is 30.0 Å². The molecule has 0 radical (unpaired) electrons. The third-order valence-electron chi connectivity index (χ3n) is 3.79. The molecule has 2 atom stereocenters. The SMILES string of the molecule is CSCc1nnc(S[C@H](C)C(=O)N2c3ccccc3C[C@@H]2C)o1. The van der Waals surface area contributed by atoms with Gasteiger partial charge in [0.1, 0.15) is 0 Å². The van der Waals surface area contributed by atoms with Crippen LogP contribution in [0.15, 0.2) is 33.9 Å². The third kappa shape index (κ3) is 3.40. The van der Waals surface area contributed by atoms with Gasteiger partial charge in [0.05, 0.1) is 11.0 Å². The normalized spacial score (nSPS) is 18.0. The second-order valence-corrected chi connectivity index (χ2v) is 7.70. The van der Waals surface area contributed by atoms with Crippen LogP contribution in [0.5, 0.6) is 0 Å². The molecule has 1 aliphatic heterocycles. The highest BCUT2D eigenvalue weighted by Crippen LogP contribution is 2.34. The quantitative estimate of drug-likeness (QED) is 0.771. The fourth-order valence-corrected chi connectivity index (χ4v) is 3.88. The maximum Gasteiger partial charge on any atom is 0.277 e. The monoisotopic (exact) mass is 349 g/mol. The van der Waals surface area contributed by atoms with E-state index >= 15 is 0 Å². The number of aromatic nitrogens is 2. The molecule has 0 unspecified atom stereocenters. The Kier molecular flexibility index (Phi) is 4.96. The van der Waals surface area contributed by atoms with E-state index in [0.29, 0.717) is 16.9 Å². The largest absolute Gasteiger partial charge is 0.415 e. The number of carbonyl (C=O) groups is 1. The van der Waals surface area contributed by atoms with Crippen LogP contribution in [0.4, 0.5) is 5.69 Å². The van der Waals surface area contributed by atoms with Crippen LogP contribution in [0.25, 0.3) is 0 Å². The average molecular weight is 349 g/mol. The van der Waals surface area contributed by atoms with E-state index in [4.69, 9.17) is 4.42 Å².